The van der Waals surface area contributed by atoms with Crippen LogP contribution in [0.2, 0.25) is 0 Å². The van der Waals surface area contributed by atoms with Gasteiger partial charge in [0.25, 0.3) is 0 Å². The summed E-state index contributed by atoms with van der Waals surface area (Å²) in [4.78, 5) is 8.01. The molecule has 2 unspecified atom stereocenters. The molecule has 1 saturated carbocycles. The zero-order valence-corrected chi connectivity index (χ0v) is 11.5. The van der Waals surface area contributed by atoms with Gasteiger partial charge in [0.2, 0.25) is 0 Å². The van der Waals surface area contributed by atoms with Crippen molar-refractivity contribution in [3.05, 3.63) is 17.7 Å². The molecular formula is C14H25N3. The van der Waals surface area contributed by atoms with Gasteiger partial charge in [-0.1, -0.05) is 6.92 Å². The molecule has 1 heterocycles. The molecule has 1 aliphatic carbocycles. The SMILES string of the molecule is CC1CCC(c2ncc(CNC(C)(C)C)[nH]2)C1. The lowest BCUT2D eigenvalue weighted by Gasteiger charge is -2.19. The molecule has 0 spiro atoms. The van der Waals surface area contributed by atoms with Crippen LogP contribution in [-0.2, 0) is 6.54 Å². The Labute approximate surface area is 104 Å². The molecule has 1 aromatic heterocycles. The van der Waals surface area contributed by atoms with Crippen LogP contribution in [0.5, 0.6) is 0 Å². The zero-order valence-electron chi connectivity index (χ0n) is 11.5. The van der Waals surface area contributed by atoms with Crippen LogP contribution in [0.1, 0.15) is 64.4 Å². The van der Waals surface area contributed by atoms with Crippen molar-refractivity contribution in [2.45, 2.75) is 65.0 Å². The highest BCUT2D eigenvalue weighted by atomic mass is 15.0. The number of nitrogens with zero attached hydrogens (tertiary/aromatic N) is 1. The first-order valence-electron chi connectivity index (χ1n) is 6.73. The van der Waals surface area contributed by atoms with E-state index < -0.39 is 0 Å². The number of H-pyrrole nitrogens is 1. The lowest BCUT2D eigenvalue weighted by Crippen LogP contribution is -2.35. The Bertz CT molecular complexity index is 362. The van der Waals surface area contributed by atoms with Gasteiger partial charge in [-0.2, -0.15) is 0 Å². The van der Waals surface area contributed by atoms with Gasteiger partial charge in [-0.25, -0.2) is 4.98 Å². The van der Waals surface area contributed by atoms with E-state index in [0.717, 1.165) is 12.5 Å². The maximum absolute atomic E-state index is 4.54. The van der Waals surface area contributed by atoms with E-state index >= 15 is 0 Å². The summed E-state index contributed by atoms with van der Waals surface area (Å²) in [6.45, 7) is 9.76. The summed E-state index contributed by atoms with van der Waals surface area (Å²) in [6.07, 6.45) is 5.92. The molecule has 2 N–H and O–H groups in total. The molecule has 96 valence electrons. The molecule has 1 aliphatic rings. The van der Waals surface area contributed by atoms with Gasteiger partial charge >= 0.3 is 0 Å². The van der Waals surface area contributed by atoms with Crippen molar-refractivity contribution in [3.8, 4) is 0 Å². The van der Waals surface area contributed by atoms with Crippen LogP contribution in [0.25, 0.3) is 0 Å². The zero-order chi connectivity index (χ0) is 12.5. The van der Waals surface area contributed by atoms with Crippen molar-refractivity contribution in [3.63, 3.8) is 0 Å². The number of hydrogen-bond acceptors (Lipinski definition) is 2. The first-order chi connectivity index (χ1) is 7.94. The number of rotatable bonds is 3. The summed E-state index contributed by atoms with van der Waals surface area (Å²) < 4.78 is 0. The van der Waals surface area contributed by atoms with Gasteiger partial charge in [0.05, 0.1) is 0 Å². The minimum Gasteiger partial charge on any atom is -0.345 e. The van der Waals surface area contributed by atoms with Crippen LogP contribution in [-0.4, -0.2) is 15.5 Å². The van der Waals surface area contributed by atoms with E-state index in [1.54, 1.807) is 0 Å². The average molecular weight is 235 g/mol. The van der Waals surface area contributed by atoms with Gasteiger partial charge in [-0.3, -0.25) is 0 Å². The minimum absolute atomic E-state index is 0.160. The normalized spacial score (nSPS) is 25.4. The van der Waals surface area contributed by atoms with Crippen molar-refractivity contribution >= 4 is 0 Å². The van der Waals surface area contributed by atoms with Crippen LogP contribution in [0.15, 0.2) is 6.20 Å². The quantitative estimate of drug-likeness (QED) is 0.844. The second-order valence-electron chi connectivity index (χ2n) is 6.51. The summed E-state index contributed by atoms with van der Waals surface area (Å²) in [7, 11) is 0. The van der Waals surface area contributed by atoms with Gasteiger partial charge in [-0.05, 0) is 46.0 Å². The molecule has 2 atom stereocenters. The third-order valence-corrected chi connectivity index (χ3v) is 3.54. The summed E-state index contributed by atoms with van der Waals surface area (Å²) in [5.74, 6) is 2.72. The fourth-order valence-corrected chi connectivity index (χ4v) is 2.49. The van der Waals surface area contributed by atoms with E-state index in [-0.39, 0.29) is 5.54 Å². The van der Waals surface area contributed by atoms with Gasteiger partial charge in [0.1, 0.15) is 5.82 Å². The fraction of sp³-hybridized carbons (Fsp3) is 0.786. The Morgan fingerprint density at radius 2 is 2.18 bits per heavy atom. The lowest BCUT2D eigenvalue weighted by molar-refractivity contribution is 0.421. The Balaban J connectivity index is 1.92. The molecule has 0 radical (unpaired) electrons. The lowest BCUT2D eigenvalue weighted by atomic mass is 10.1. The van der Waals surface area contributed by atoms with Gasteiger partial charge in [0, 0.05) is 29.9 Å². The van der Waals surface area contributed by atoms with Gasteiger partial charge < -0.3 is 10.3 Å². The van der Waals surface area contributed by atoms with Crippen LogP contribution in [0.3, 0.4) is 0 Å². The predicted octanol–water partition coefficient (Wildman–Crippen LogP) is 3.20. The van der Waals surface area contributed by atoms with Gasteiger partial charge in [0.15, 0.2) is 0 Å². The molecule has 3 nitrogen and oxygen atoms in total. The fourth-order valence-electron chi connectivity index (χ4n) is 2.49. The van der Waals surface area contributed by atoms with E-state index in [9.17, 15) is 0 Å². The second kappa shape index (κ2) is 4.81. The highest BCUT2D eigenvalue weighted by molar-refractivity contribution is 5.07. The molecule has 2 rings (SSSR count). The van der Waals surface area contributed by atoms with Crippen LogP contribution in [0, 0.1) is 5.92 Å². The van der Waals surface area contributed by atoms with Gasteiger partial charge in [-0.15, -0.1) is 0 Å². The highest BCUT2D eigenvalue weighted by Crippen LogP contribution is 2.36. The Hall–Kier alpha value is -0.830. The molecule has 0 saturated heterocycles. The van der Waals surface area contributed by atoms with Crippen molar-refractivity contribution < 1.29 is 0 Å². The topological polar surface area (TPSA) is 40.7 Å². The van der Waals surface area contributed by atoms with Crippen molar-refractivity contribution in [2.24, 2.45) is 5.92 Å². The largest absolute Gasteiger partial charge is 0.345 e. The van der Waals surface area contributed by atoms with Crippen molar-refractivity contribution in [2.75, 3.05) is 0 Å². The minimum atomic E-state index is 0.160. The van der Waals surface area contributed by atoms with E-state index in [1.165, 1.54) is 30.8 Å². The van der Waals surface area contributed by atoms with E-state index in [0.29, 0.717) is 5.92 Å². The molecule has 17 heavy (non-hydrogen) atoms. The Morgan fingerprint density at radius 3 is 2.76 bits per heavy atom. The molecular weight excluding hydrogens is 210 g/mol. The molecule has 1 fully saturated rings. The molecule has 3 heteroatoms. The van der Waals surface area contributed by atoms with Crippen LogP contribution >= 0.6 is 0 Å². The van der Waals surface area contributed by atoms with Crippen LogP contribution in [0.4, 0.5) is 0 Å². The number of aromatic nitrogens is 2. The third kappa shape index (κ3) is 3.56. The first-order valence-corrected chi connectivity index (χ1v) is 6.73. The summed E-state index contributed by atoms with van der Waals surface area (Å²) >= 11 is 0. The number of hydrogen-bond donors (Lipinski definition) is 2. The molecule has 0 aromatic carbocycles. The average Bonchev–Trinajstić information content (AvgIpc) is 2.81. The number of imidazole rings is 1. The standard InChI is InChI=1S/C14H25N3/c1-10-5-6-11(7-10)13-15-8-12(17-13)9-16-14(2,3)4/h8,10-11,16H,5-7,9H2,1-4H3,(H,15,17). The van der Waals surface area contributed by atoms with E-state index in [4.69, 9.17) is 0 Å². The first kappa shape index (κ1) is 12.6. The predicted molar refractivity (Wildman–Crippen MR) is 70.9 cm³/mol. The highest BCUT2D eigenvalue weighted by Gasteiger charge is 2.24. The second-order valence-corrected chi connectivity index (χ2v) is 6.51. The maximum atomic E-state index is 4.54. The Kier molecular flexibility index (Phi) is 3.57. The van der Waals surface area contributed by atoms with Crippen LogP contribution < -0.4 is 5.32 Å². The molecule has 1 aromatic rings. The summed E-state index contributed by atoms with van der Waals surface area (Å²) in [6, 6.07) is 0. The van der Waals surface area contributed by atoms with Crippen molar-refractivity contribution in [1.29, 1.82) is 0 Å². The maximum Gasteiger partial charge on any atom is 0.109 e. The van der Waals surface area contributed by atoms with E-state index in [1.807, 2.05) is 6.20 Å². The molecule has 0 amide bonds. The summed E-state index contributed by atoms with van der Waals surface area (Å²) in [5.41, 5.74) is 1.36. The molecule has 0 aliphatic heterocycles. The summed E-state index contributed by atoms with van der Waals surface area (Å²) in [5, 5.41) is 3.48. The van der Waals surface area contributed by atoms with Crippen molar-refractivity contribution in [1.82, 2.24) is 15.3 Å². The smallest absolute Gasteiger partial charge is 0.109 e. The van der Waals surface area contributed by atoms with E-state index in [2.05, 4.69) is 43.0 Å². The third-order valence-electron chi connectivity index (χ3n) is 3.54. The Morgan fingerprint density at radius 1 is 1.41 bits per heavy atom. The number of aromatic amines is 1. The monoisotopic (exact) mass is 235 g/mol. The molecule has 0 bridgehead atoms. The number of nitrogens with one attached hydrogen (secondary N) is 2.